The molecule has 6 N–H and O–H groups in total. The zero-order chi connectivity index (χ0) is 20.2. The maximum atomic E-state index is 10.8. The van der Waals surface area contributed by atoms with Gasteiger partial charge in [0.1, 0.15) is 0 Å². The highest BCUT2D eigenvalue weighted by Gasteiger charge is 2.62. The number of rotatable bonds is 0. The SMILES string of the molecule is CC1(C)CC2(CC(C)(C)c3cc(O)c(O)c(O)c32)C2=C(O)C(O)(O)CC=C21. The molecule has 1 saturated carbocycles. The number of benzene rings is 1. The summed E-state index contributed by atoms with van der Waals surface area (Å²) in [4.78, 5) is 0. The fraction of sp³-hybridized carbons (Fsp3) is 0.524. The summed E-state index contributed by atoms with van der Waals surface area (Å²) in [6, 6.07) is 1.46. The van der Waals surface area contributed by atoms with E-state index in [2.05, 4.69) is 0 Å². The van der Waals surface area contributed by atoms with Crippen molar-refractivity contribution in [3.05, 3.63) is 40.2 Å². The quantitative estimate of drug-likeness (QED) is 0.307. The van der Waals surface area contributed by atoms with Crippen LogP contribution in [0.1, 0.15) is 58.1 Å². The number of hydrogen-bond acceptors (Lipinski definition) is 6. The Bertz CT molecular complexity index is 934. The minimum Gasteiger partial charge on any atom is -0.506 e. The Kier molecular flexibility index (Phi) is 3.24. The highest BCUT2D eigenvalue weighted by atomic mass is 16.5. The van der Waals surface area contributed by atoms with Crippen LogP contribution in [0.4, 0.5) is 0 Å². The lowest BCUT2D eigenvalue weighted by Crippen LogP contribution is -2.37. The molecule has 0 bridgehead atoms. The van der Waals surface area contributed by atoms with Crippen LogP contribution >= 0.6 is 0 Å². The molecule has 4 rings (SSSR count). The summed E-state index contributed by atoms with van der Waals surface area (Å²) in [6.45, 7) is 7.98. The monoisotopic (exact) mass is 374 g/mol. The van der Waals surface area contributed by atoms with Gasteiger partial charge in [0.05, 0.1) is 0 Å². The van der Waals surface area contributed by atoms with Gasteiger partial charge in [0.25, 0.3) is 0 Å². The number of allylic oxidation sites excluding steroid dienone is 2. The third-order valence-corrected chi connectivity index (χ3v) is 6.63. The van der Waals surface area contributed by atoms with Crippen LogP contribution in [0.2, 0.25) is 0 Å². The predicted molar refractivity (Wildman–Crippen MR) is 98.7 cm³/mol. The lowest BCUT2D eigenvalue weighted by atomic mass is 9.71. The first-order valence-corrected chi connectivity index (χ1v) is 9.13. The van der Waals surface area contributed by atoms with Crippen LogP contribution in [0.3, 0.4) is 0 Å². The number of fused-ring (bicyclic) bond motifs is 4. The molecule has 0 aliphatic heterocycles. The summed E-state index contributed by atoms with van der Waals surface area (Å²) in [7, 11) is 0. The molecule has 3 aliphatic carbocycles. The van der Waals surface area contributed by atoms with Crippen LogP contribution < -0.4 is 0 Å². The number of phenolic OH excluding ortho intramolecular Hbond substituents is 3. The van der Waals surface area contributed by atoms with Crippen molar-refractivity contribution in [2.45, 2.75) is 63.6 Å². The fourth-order valence-electron chi connectivity index (χ4n) is 5.77. The molecule has 0 amide bonds. The van der Waals surface area contributed by atoms with E-state index in [0.29, 0.717) is 29.5 Å². The zero-order valence-electron chi connectivity index (χ0n) is 16.0. The second-order valence-corrected chi connectivity index (χ2v) is 9.58. The number of hydrogen-bond donors (Lipinski definition) is 6. The van der Waals surface area contributed by atoms with Crippen molar-refractivity contribution < 1.29 is 30.6 Å². The summed E-state index contributed by atoms with van der Waals surface area (Å²) >= 11 is 0. The molecule has 146 valence electrons. The van der Waals surface area contributed by atoms with E-state index >= 15 is 0 Å². The van der Waals surface area contributed by atoms with Gasteiger partial charge in [-0.3, -0.25) is 0 Å². The van der Waals surface area contributed by atoms with Gasteiger partial charge in [0, 0.05) is 23.0 Å². The first kappa shape index (κ1) is 18.2. The summed E-state index contributed by atoms with van der Waals surface area (Å²) in [5, 5.41) is 62.4. The zero-order valence-corrected chi connectivity index (χ0v) is 16.0. The highest BCUT2D eigenvalue weighted by Crippen LogP contribution is 2.70. The Morgan fingerprint density at radius 1 is 0.852 bits per heavy atom. The second-order valence-electron chi connectivity index (χ2n) is 9.58. The van der Waals surface area contributed by atoms with E-state index in [1.165, 1.54) is 6.07 Å². The van der Waals surface area contributed by atoms with Gasteiger partial charge in [-0.05, 0) is 40.9 Å². The Hall–Kier alpha value is -2.18. The average molecular weight is 374 g/mol. The molecule has 1 aromatic rings. The normalized spacial score (nSPS) is 29.6. The Morgan fingerprint density at radius 3 is 2.07 bits per heavy atom. The first-order chi connectivity index (χ1) is 12.2. The van der Waals surface area contributed by atoms with Gasteiger partial charge in [-0.25, -0.2) is 0 Å². The van der Waals surface area contributed by atoms with Crippen molar-refractivity contribution in [2.75, 3.05) is 0 Å². The third-order valence-electron chi connectivity index (χ3n) is 6.63. The van der Waals surface area contributed by atoms with Crippen LogP contribution in [0, 0.1) is 5.41 Å². The molecular formula is C21H26O6. The molecule has 0 radical (unpaired) electrons. The Balaban J connectivity index is 2.12. The standard InChI is InChI=1S/C21H26O6/c1-18(2)8-20(14-10(18)5-6-21(26,27)17(14)25)9-19(3,4)11-7-12(22)15(23)16(24)13(11)20/h5,7,22-27H,6,8-9H2,1-4H3. The number of aliphatic hydroxyl groups is 3. The molecular weight excluding hydrogens is 348 g/mol. The summed E-state index contributed by atoms with van der Waals surface area (Å²) in [5.41, 5.74) is 0.618. The summed E-state index contributed by atoms with van der Waals surface area (Å²) in [5.74, 6) is -4.28. The molecule has 1 spiro atoms. The van der Waals surface area contributed by atoms with Crippen LogP contribution in [-0.2, 0) is 10.8 Å². The second kappa shape index (κ2) is 4.80. The van der Waals surface area contributed by atoms with E-state index < -0.39 is 39.6 Å². The van der Waals surface area contributed by atoms with Crippen LogP contribution in [0.5, 0.6) is 17.2 Å². The van der Waals surface area contributed by atoms with Gasteiger partial charge in [-0.1, -0.05) is 33.8 Å². The molecule has 6 heteroatoms. The Morgan fingerprint density at radius 2 is 1.44 bits per heavy atom. The first-order valence-electron chi connectivity index (χ1n) is 9.13. The van der Waals surface area contributed by atoms with E-state index in [1.54, 1.807) is 6.08 Å². The molecule has 0 heterocycles. The van der Waals surface area contributed by atoms with Crippen molar-refractivity contribution in [2.24, 2.45) is 5.41 Å². The fourth-order valence-corrected chi connectivity index (χ4v) is 5.77. The topological polar surface area (TPSA) is 121 Å². The highest BCUT2D eigenvalue weighted by molar-refractivity contribution is 5.70. The van der Waals surface area contributed by atoms with Gasteiger partial charge in [-0.2, -0.15) is 0 Å². The van der Waals surface area contributed by atoms with E-state index in [0.717, 1.165) is 5.57 Å². The van der Waals surface area contributed by atoms with Gasteiger partial charge >= 0.3 is 0 Å². The van der Waals surface area contributed by atoms with Crippen molar-refractivity contribution in [3.63, 3.8) is 0 Å². The van der Waals surface area contributed by atoms with Crippen molar-refractivity contribution >= 4 is 0 Å². The van der Waals surface area contributed by atoms with Gasteiger partial charge in [-0.15, -0.1) is 0 Å². The maximum absolute atomic E-state index is 10.8. The molecule has 0 saturated heterocycles. The molecule has 1 fully saturated rings. The molecule has 0 aromatic heterocycles. The van der Waals surface area contributed by atoms with Gasteiger partial charge in [0.2, 0.25) is 11.5 Å². The number of aromatic hydroxyl groups is 3. The van der Waals surface area contributed by atoms with Crippen molar-refractivity contribution in [1.82, 2.24) is 0 Å². The third kappa shape index (κ3) is 2.08. The van der Waals surface area contributed by atoms with Crippen LogP contribution in [0.25, 0.3) is 0 Å². The van der Waals surface area contributed by atoms with Crippen molar-refractivity contribution in [3.8, 4) is 17.2 Å². The smallest absolute Gasteiger partial charge is 0.226 e. The lowest BCUT2D eigenvalue weighted by molar-refractivity contribution is -0.151. The van der Waals surface area contributed by atoms with Gasteiger partial charge in [0.15, 0.2) is 17.3 Å². The van der Waals surface area contributed by atoms with Crippen LogP contribution in [-0.4, -0.2) is 36.4 Å². The largest absolute Gasteiger partial charge is 0.506 e. The van der Waals surface area contributed by atoms with E-state index in [-0.39, 0.29) is 11.8 Å². The number of aliphatic hydroxyl groups excluding tert-OH is 1. The minimum absolute atomic E-state index is 0.111. The van der Waals surface area contributed by atoms with E-state index in [9.17, 15) is 30.6 Å². The maximum Gasteiger partial charge on any atom is 0.226 e. The average Bonchev–Trinajstić information content (AvgIpc) is 2.87. The molecule has 27 heavy (non-hydrogen) atoms. The molecule has 1 unspecified atom stereocenters. The number of phenols is 3. The van der Waals surface area contributed by atoms with Crippen molar-refractivity contribution in [1.29, 1.82) is 0 Å². The molecule has 3 aliphatic rings. The molecule has 1 atom stereocenters. The van der Waals surface area contributed by atoms with Crippen LogP contribution in [0.15, 0.2) is 29.0 Å². The summed E-state index contributed by atoms with van der Waals surface area (Å²) < 4.78 is 0. The van der Waals surface area contributed by atoms with E-state index in [1.807, 2.05) is 27.7 Å². The predicted octanol–water partition coefficient (Wildman–Crippen LogP) is 2.98. The lowest BCUT2D eigenvalue weighted by Gasteiger charge is -2.34. The van der Waals surface area contributed by atoms with Gasteiger partial charge < -0.3 is 30.6 Å². The van der Waals surface area contributed by atoms with E-state index in [4.69, 9.17) is 0 Å². The molecule has 6 nitrogen and oxygen atoms in total. The Labute approximate surface area is 157 Å². The molecule has 1 aromatic carbocycles. The summed E-state index contributed by atoms with van der Waals surface area (Å²) in [6.07, 6.45) is 2.64. The minimum atomic E-state index is -2.37.